The van der Waals surface area contributed by atoms with Crippen molar-refractivity contribution in [2.24, 2.45) is 0 Å². The molecule has 7 nitrogen and oxygen atoms in total. The standard InChI is InChI=1S/C14H21N3O4S/c1-15-22(19,20)13-6-2-4-11(8-13)9-16-14(18)17-10-12-5-3-7-21-12/h2,4,6,8,12,15H,3,5,7,9-10H2,1H3,(H2,16,17,18)/t12-/m0/s1. The van der Waals surface area contributed by atoms with Crippen LogP contribution in [0.4, 0.5) is 4.79 Å². The SMILES string of the molecule is CNS(=O)(=O)c1cccc(CNC(=O)NC[C@@H]2CCCO2)c1. The molecule has 2 amide bonds. The van der Waals surface area contributed by atoms with Crippen LogP contribution < -0.4 is 15.4 Å². The molecular weight excluding hydrogens is 306 g/mol. The average molecular weight is 327 g/mol. The van der Waals surface area contributed by atoms with Gasteiger partial charge in [-0.3, -0.25) is 0 Å². The van der Waals surface area contributed by atoms with Gasteiger partial charge in [0.05, 0.1) is 11.0 Å². The van der Waals surface area contributed by atoms with E-state index in [1.807, 2.05) is 0 Å². The summed E-state index contributed by atoms with van der Waals surface area (Å²) < 4.78 is 31.1. The Morgan fingerprint density at radius 2 is 2.18 bits per heavy atom. The van der Waals surface area contributed by atoms with E-state index in [1.165, 1.54) is 19.2 Å². The minimum atomic E-state index is -3.48. The Hall–Kier alpha value is -1.64. The van der Waals surface area contributed by atoms with E-state index in [9.17, 15) is 13.2 Å². The summed E-state index contributed by atoms with van der Waals surface area (Å²) in [6.45, 7) is 1.49. The monoisotopic (exact) mass is 327 g/mol. The Morgan fingerprint density at radius 3 is 2.86 bits per heavy atom. The third-order valence-electron chi connectivity index (χ3n) is 3.44. The van der Waals surface area contributed by atoms with Gasteiger partial charge in [0, 0.05) is 19.7 Å². The van der Waals surface area contributed by atoms with Crippen molar-refractivity contribution >= 4 is 16.1 Å². The summed E-state index contributed by atoms with van der Waals surface area (Å²) in [5, 5.41) is 5.44. The second-order valence-corrected chi connectivity index (χ2v) is 6.94. The van der Waals surface area contributed by atoms with Crippen molar-refractivity contribution < 1.29 is 17.9 Å². The van der Waals surface area contributed by atoms with Gasteiger partial charge in [-0.05, 0) is 37.6 Å². The van der Waals surface area contributed by atoms with Crippen molar-refractivity contribution in [2.45, 2.75) is 30.4 Å². The fraction of sp³-hybridized carbons (Fsp3) is 0.500. The number of nitrogens with one attached hydrogen (secondary N) is 3. The molecule has 1 fully saturated rings. The Balaban J connectivity index is 1.83. The number of urea groups is 1. The van der Waals surface area contributed by atoms with E-state index in [0.717, 1.165) is 19.4 Å². The molecule has 22 heavy (non-hydrogen) atoms. The van der Waals surface area contributed by atoms with Crippen LogP contribution in [0.15, 0.2) is 29.2 Å². The second kappa shape index (κ2) is 7.57. The van der Waals surface area contributed by atoms with Gasteiger partial charge in [-0.25, -0.2) is 17.9 Å². The number of carbonyl (C=O) groups is 1. The van der Waals surface area contributed by atoms with Gasteiger partial charge in [-0.2, -0.15) is 0 Å². The summed E-state index contributed by atoms with van der Waals surface area (Å²) in [7, 11) is -2.12. The fourth-order valence-electron chi connectivity index (χ4n) is 2.20. The van der Waals surface area contributed by atoms with Gasteiger partial charge in [-0.15, -0.1) is 0 Å². The zero-order chi connectivity index (χ0) is 16.0. The number of hydrogen-bond donors (Lipinski definition) is 3. The lowest BCUT2D eigenvalue weighted by atomic mass is 10.2. The van der Waals surface area contributed by atoms with E-state index < -0.39 is 10.0 Å². The first-order valence-corrected chi connectivity index (χ1v) is 8.65. The first kappa shape index (κ1) is 16.7. The maximum atomic E-state index is 11.7. The molecule has 0 saturated carbocycles. The van der Waals surface area contributed by atoms with Gasteiger partial charge >= 0.3 is 6.03 Å². The highest BCUT2D eigenvalue weighted by Crippen LogP contribution is 2.11. The van der Waals surface area contributed by atoms with E-state index >= 15 is 0 Å². The van der Waals surface area contributed by atoms with Gasteiger partial charge in [0.1, 0.15) is 0 Å². The summed E-state index contributed by atoms with van der Waals surface area (Å²) in [5.41, 5.74) is 0.712. The highest BCUT2D eigenvalue weighted by molar-refractivity contribution is 7.89. The molecule has 1 heterocycles. The molecule has 2 rings (SSSR count). The third-order valence-corrected chi connectivity index (χ3v) is 4.86. The molecule has 1 aromatic rings. The molecule has 122 valence electrons. The number of ether oxygens (including phenoxy) is 1. The molecule has 1 aliphatic rings. The number of benzene rings is 1. The molecule has 0 aliphatic carbocycles. The Morgan fingerprint density at radius 1 is 1.36 bits per heavy atom. The molecule has 1 aliphatic heterocycles. The molecule has 0 unspecified atom stereocenters. The molecule has 3 N–H and O–H groups in total. The zero-order valence-electron chi connectivity index (χ0n) is 12.5. The summed E-state index contributed by atoms with van der Waals surface area (Å²) in [6, 6.07) is 6.15. The van der Waals surface area contributed by atoms with Crippen LogP contribution in [0, 0.1) is 0 Å². The maximum absolute atomic E-state index is 11.7. The average Bonchev–Trinajstić information content (AvgIpc) is 3.04. The second-order valence-electron chi connectivity index (χ2n) is 5.05. The zero-order valence-corrected chi connectivity index (χ0v) is 13.3. The van der Waals surface area contributed by atoms with E-state index in [-0.39, 0.29) is 23.6 Å². The molecule has 8 heteroatoms. The lowest BCUT2D eigenvalue weighted by molar-refractivity contribution is 0.111. The quantitative estimate of drug-likeness (QED) is 0.712. The Bertz CT molecular complexity index is 612. The smallest absolute Gasteiger partial charge is 0.315 e. The summed E-state index contributed by atoms with van der Waals surface area (Å²) in [4.78, 5) is 11.9. The molecule has 0 radical (unpaired) electrons. The molecule has 1 aromatic carbocycles. The fourth-order valence-corrected chi connectivity index (χ4v) is 3.00. The Labute approximate surface area is 130 Å². The van der Waals surface area contributed by atoms with E-state index in [0.29, 0.717) is 12.1 Å². The largest absolute Gasteiger partial charge is 0.376 e. The molecule has 0 spiro atoms. The van der Waals surface area contributed by atoms with Crippen molar-refractivity contribution in [1.82, 2.24) is 15.4 Å². The highest BCUT2D eigenvalue weighted by Gasteiger charge is 2.16. The molecule has 1 atom stereocenters. The lowest BCUT2D eigenvalue weighted by Crippen LogP contribution is -2.39. The summed E-state index contributed by atoms with van der Waals surface area (Å²) in [5.74, 6) is 0. The van der Waals surface area contributed by atoms with Gasteiger partial charge in [0.2, 0.25) is 10.0 Å². The number of hydrogen-bond acceptors (Lipinski definition) is 4. The van der Waals surface area contributed by atoms with Crippen molar-refractivity contribution in [3.05, 3.63) is 29.8 Å². The van der Waals surface area contributed by atoms with Crippen LogP contribution >= 0.6 is 0 Å². The van der Waals surface area contributed by atoms with E-state index in [4.69, 9.17) is 4.74 Å². The molecule has 0 aromatic heterocycles. The van der Waals surface area contributed by atoms with Crippen molar-refractivity contribution in [1.29, 1.82) is 0 Å². The molecule has 0 bridgehead atoms. The molecular formula is C14H21N3O4S. The van der Waals surface area contributed by atoms with Crippen LogP contribution in [0.1, 0.15) is 18.4 Å². The summed E-state index contributed by atoms with van der Waals surface area (Å²) in [6.07, 6.45) is 2.08. The summed E-state index contributed by atoms with van der Waals surface area (Å²) >= 11 is 0. The number of amides is 2. The number of sulfonamides is 1. The van der Waals surface area contributed by atoms with Crippen LogP contribution in [0.25, 0.3) is 0 Å². The van der Waals surface area contributed by atoms with E-state index in [2.05, 4.69) is 15.4 Å². The minimum Gasteiger partial charge on any atom is -0.376 e. The first-order valence-electron chi connectivity index (χ1n) is 7.17. The van der Waals surface area contributed by atoms with Crippen molar-refractivity contribution in [3.63, 3.8) is 0 Å². The Kier molecular flexibility index (Phi) is 5.76. The van der Waals surface area contributed by atoms with Crippen molar-refractivity contribution in [3.8, 4) is 0 Å². The van der Waals surface area contributed by atoms with Crippen LogP contribution in [-0.4, -0.2) is 40.8 Å². The predicted molar refractivity (Wildman–Crippen MR) is 81.9 cm³/mol. The van der Waals surface area contributed by atoms with Gasteiger partial charge in [0.15, 0.2) is 0 Å². The van der Waals surface area contributed by atoms with Crippen LogP contribution in [-0.2, 0) is 21.3 Å². The van der Waals surface area contributed by atoms with Crippen LogP contribution in [0.5, 0.6) is 0 Å². The normalized spacial score (nSPS) is 18.1. The number of rotatable bonds is 6. The van der Waals surface area contributed by atoms with Crippen LogP contribution in [0.2, 0.25) is 0 Å². The highest BCUT2D eigenvalue weighted by atomic mass is 32.2. The maximum Gasteiger partial charge on any atom is 0.315 e. The van der Waals surface area contributed by atoms with Crippen molar-refractivity contribution in [2.75, 3.05) is 20.2 Å². The van der Waals surface area contributed by atoms with Gasteiger partial charge in [-0.1, -0.05) is 12.1 Å². The topological polar surface area (TPSA) is 96.5 Å². The third kappa shape index (κ3) is 4.69. The van der Waals surface area contributed by atoms with Crippen LogP contribution in [0.3, 0.4) is 0 Å². The molecule has 1 saturated heterocycles. The van der Waals surface area contributed by atoms with Gasteiger partial charge in [0.25, 0.3) is 0 Å². The van der Waals surface area contributed by atoms with E-state index in [1.54, 1.807) is 12.1 Å². The first-order chi connectivity index (χ1) is 10.5. The number of carbonyl (C=O) groups excluding carboxylic acids is 1. The minimum absolute atomic E-state index is 0.0925. The van der Waals surface area contributed by atoms with Gasteiger partial charge < -0.3 is 15.4 Å². The lowest BCUT2D eigenvalue weighted by Gasteiger charge is -2.12. The predicted octanol–water partition coefficient (Wildman–Crippen LogP) is 0.573.